The van der Waals surface area contributed by atoms with Gasteiger partial charge in [-0.1, -0.05) is 29.3 Å². The Morgan fingerprint density at radius 2 is 1.80 bits per heavy atom. The summed E-state index contributed by atoms with van der Waals surface area (Å²) < 4.78 is 0. The number of hydrogen-bond acceptors (Lipinski definition) is 2. The molecule has 3 nitrogen and oxygen atoms in total. The number of hydrogen-bond donors (Lipinski definition) is 1. The smallest absolute Gasteiger partial charge is 0.222 e. The summed E-state index contributed by atoms with van der Waals surface area (Å²) in [7, 11) is 0. The Morgan fingerprint density at radius 3 is 2.45 bits per heavy atom. The summed E-state index contributed by atoms with van der Waals surface area (Å²) in [6.07, 6.45) is 4.22. The third kappa shape index (κ3) is 3.97. The molecule has 0 bridgehead atoms. The fraction of sp³-hybridized carbons (Fsp3) is 0.467. The predicted molar refractivity (Wildman–Crippen MR) is 83.0 cm³/mol. The zero-order valence-electron chi connectivity index (χ0n) is 11.3. The third-order valence-corrected chi connectivity index (χ3v) is 4.30. The standard InChI is InChI=1S/C15H18Cl2N2O/c16-12-5-4-11(10-13(12)17)14(18)6-7-15(20)19-8-2-1-3-9-19/h4-5,10,18H,1-3,6-9H2. The van der Waals surface area contributed by atoms with Gasteiger partial charge < -0.3 is 10.3 Å². The van der Waals surface area contributed by atoms with Crippen LogP contribution in [0.3, 0.4) is 0 Å². The highest BCUT2D eigenvalue weighted by molar-refractivity contribution is 6.42. The van der Waals surface area contributed by atoms with Gasteiger partial charge in [0.25, 0.3) is 0 Å². The van der Waals surface area contributed by atoms with E-state index in [4.69, 9.17) is 28.6 Å². The van der Waals surface area contributed by atoms with Crippen molar-refractivity contribution < 1.29 is 4.79 Å². The van der Waals surface area contributed by atoms with E-state index in [1.807, 2.05) is 4.90 Å². The molecule has 1 aliphatic heterocycles. The van der Waals surface area contributed by atoms with Crippen molar-refractivity contribution in [2.24, 2.45) is 0 Å². The van der Waals surface area contributed by atoms with Gasteiger partial charge in [0.1, 0.15) is 0 Å². The molecule has 1 aromatic rings. The lowest BCUT2D eigenvalue weighted by Gasteiger charge is -2.26. The molecule has 1 aromatic carbocycles. The van der Waals surface area contributed by atoms with E-state index in [-0.39, 0.29) is 5.91 Å². The quantitative estimate of drug-likeness (QED) is 0.834. The number of rotatable bonds is 4. The number of likely N-dealkylation sites (tertiary alicyclic amines) is 1. The minimum atomic E-state index is 0.148. The monoisotopic (exact) mass is 312 g/mol. The third-order valence-electron chi connectivity index (χ3n) is 3.57. The molecule has 0 atom stereocenters. The van der Waals surface area contributed by atoms with E-state index >= 15 is 0 Å². The highest BCUT2D eigenvalue weighted by atomic mass is 35.5. The maximum Gasteiger partial charge on any atom is 0.222 e. The molecule has 1 amide bonds. The van der Waals surface area contributed by atoms with Crippen LogP contribution in [0.5, 0.6) is 0 Å². The summed E-state index contributed by atoms with van der Waals surface area (Å²) in [6, 6.07) is 5.12. The lowest BCUT2D eigenvalue weighted by atomic mass is 10.0. The molecule has 0 radical (unpaired) electrons. The maximum absolute atomic E-state index is 12.0. The van der Waals surface area contributed by atoms with Crippen LogP contribution in [0.15, 0.2) is 18.2 Å². The number of benzene rings is 1. The van der Waals surface area contributed by atoms with Gasteiger partial charge >= 0.3 is 0 Å². The van der Waals surface area contributed by atoms with E-state index in [2.05, 4.69) is 0 Å². The molecule has 0 aromatic heterocycles. The normalized spacial score (nSPS) is 15.2. The topological polar surface area (TPSA) is 44.2 Å². The molecule has 0 unspecified atom stereocenters. The molecule has 5 heteroatoms. The highest BCUT2D eigenvalue weighted by Gasteiger charge is 2.17. The molecule has 0 aliphatic carbocycles. The Kier molecular flexibility index (Phi) is 5.44. The number of carbonyl (C=O) groups is 1. The van der Waals surface area contributed by atoms with Crippen molar-refractivity contribution in [3.63, 3.8) is 0 Å². The van der Waals surface area contributed by atoms with Crippen LogP contribution < -0.4 is 0 Å². The van der Waals surface area contributed by atoms with Crippen molar-refractivity contribution >= 4 is 34.8 Å². The van der Waals surface area contributed by atoms with Crippen LogP contribution in [0, 0.1) is 5.41 Å². The molecule has 20 heavy (non-hydrogen) atoms. The summed E-state index contributed by atoms with van der Waals surface area (Å²) in [5, 5.41) is 8.95. The molecule has 1 fully saturated rings. The van der Waals surface area contributed by atoms with E-state index in [1.165, 1.54) is 6.42 Å². The van der Waals surface area contributed by atoms with Crippen LogP contribution in [-0.4, -0.2) is 29.6 Å². The Hall–Kier alpha value is -1.06. The van der Waals surface area contributed by atoms with Crippen LogP contribution in [0.4, 0.5) is 0 Å². The SMILES string of the molecule is N=C(CCC(=O)N1CCCCC1)c1ccc(Cl)c(Cl)c1. The van der Waals surface area contributed by atoms with Gasteiger partial charge in [0, 0.05) is 25.2 Å². The molecule has 1 saturated heterocycles. The van der Waals surface area contributed by atoms with Crippen LogP contribution in [0.1, 0.15) is 37.7 Å². The minimum absolute atomic E-state index is 0.148. The molecular weight excluding hydrogens is 295 g/mol. The van der Waals surface area contributed by atoms with E-state index in [0.29, 0.717) is 28.6 Å². The van der Waals surface area contributed by atoms with Gasteiger partial charge in [0.2, 0.25) is 5.91 Å². The second-order valence-electron chi connectivity index (χ2n) is 5.05. The van der Waals surface area contributed by atoms with Gasteiger partial charge in [-0.25, -0.2) is 0 Å². The number of amides is 1. The van der Waals surface area contributed by atoms with Gasteiger partial charge in [-0.15, -0.1) is 0 Å². The van der Waals surface area contributed by atoms with E-state index in [9.17, 15) is 4.79 Å². The first-order chi connectivity index (χ1) is 9.58. The second-order valence-corrected chi connectivity index (χ2v) is 5.86. The Balaban J connectivity index is 1.88. The number of nitrogens with one attached hydrogen (secondary N) is 1. The summed E-state index contributed by atoms with van der Waals surface area (Å²) in [5.41, 5.74) is 1.15. The van der Waals surface area contributed by atoms with Crippen molar-refractivity contribution in [1.82, 2.24) is 4.90 Å². The molecule has 108 valence electrons. The molecule has 0 saturated carbocycles. The van der Waals surface area contributed by atoms with Gasteiger partial charge in [-0.2, -0.15) is 0 Å². The van der Waals surface area contributed by atoms with Gasteiger partial charge in [-0.3, -0.25) is 4.79 Å². The van der Waals surface area contributed by atoms with Gasteiger partial charge in [0.15, 0.2) is 0 Å². The first kappa shape index (κ1) is 15.3. The predicted octanol–water partition coefficient (Wildman–Crippen LogP) is 4.15. The van der Waals surface area contributed by atoms with Crippen molar-refractivity contribution in [3.8, 4) is 0 Å². The fourth-order valence-corrected chi connectivity index (χ4v) is 2.66. The number of nitrogens with zero attached hydrogens (tertiary/aromatic N) is 1. The maximum atomic E-state index is 12.0. The first-order valence-electron chi connectivity index (χ1n) is 6.88. The Labute approximate surface area is 129 Å². The lowest BCUT2D eigenvalue weighted by Crippen LogP contribution is -2.35. The molecule has 1 heterocycles. The van der Waals surface area contributed by atoms with Crippen molar-refractivity contribution in [3.05, 3.63) is 33.8 Å². The minimum Gasteiger partial charge on any atom is -0.343 e. The summed E-state index contributed by atoms with van der Waals surface area (Å²) in [5.74, 6) is 0.148. The summed E-state index contributed by atoms with van der Waals surface area (Å²) in [4.78, 5) is 13.9. The molecule has 1 N–H and O–H groups in total. The van der Waals surface area contributed by atoms with E-state index < -0.39 is 0 Å². The van der Waals surface area contributed by atoms with Crippen molar-refractivity contribution in [2.75, 3.05) is 13.1 Å². The fourth-order valence-electron chi connectivity index (χ4n) is 2.36. The number of halogens is 2. The summed E-state index contributed by atoms with van der Waals surface area (Å²) in [6.45, 7) is 1.72. The summed E-state index contributed by atoms with van der Waals surface area (Å²) >= 11 is 11.8. The Bertz CT molecular complexity index is 511. The van der Waals surface area contributed by atoms with Crippen molar-refractivity contribution in [1.29, 1.82) is 5.41 Å². The molecule has 0 spiro atoms. The van der Waals surface area contributed by atoms with Crippen molar-refractivity contribution in [2.45, 2.75) is 32.1 Å². The molecular formula is C15H18Cl2N2O. The number of carbonyl (C=O) groups excluding carboxylic acids is 1. The number of piperidine rings is 1. The average molecular weight is 313 g/mol. The van der Waals surface area contributed by atoms with E-state index in [0.717, 1.165) is 31.5 Å². The van der Waals surface area contributed by atoms with E-state index in [1.54, 1.807) is 18.2 Å². The van der Waals surface area contributed by atoms with Gasteiger partial charge in [-0.05, 0) is 43.4 Å². The first-order valence-corrected chi connectivity index (χ1v) is 7.64. The van der Waals surface area contributed by atoms with Crippen LogP contribution in [-0.2, 0) is 4.79 Å². The highest BCUT2D eigenvalue weighted by Crippen LogP contribution is 2.23. The zero-order chi connectivity index (χ0) is 14.5. The van der Waals surface area contributed by atoms with Gasteiger partial charge in [0.05, 0.1) is 10.0 Å². The van der Waals surface area contributed by atoms with Crippen LogP contribution >= 0.6 is 23.2 Å². The van der Waals surface area contributed by atoms with Crippen LogP contribution in [0.25, 0.3) is 0 Å². The molecule has 1 aliphatic rings. The lowest BCUT2D eigenvalue weighted by molar-refractivity contribution is -0.131. The largest absolute Gasteiger partial charge is 0.343 e. The Morgan fingerprint density at radius 1 is 1.10 bits per heavy atom. The average Bonchev–Trinajstić information content (AvgIpc) is 2.48. The van der Waals surface area contributed by atoms with Crippen LogP contribution in [0.2, 0.25) is 10.0 Å². The second kappa shape index (κ2) is 7.09. The zero-order valence-corrected chi connectivity index (χ0v) is 12.8. The molecule has 2 rings (SSSR count).